The molecule has 2 aliphatic rings. The van der Waals surface area contributed by atoms with Crippen molar-refractivity contribution in [2.75, 3.05) is 0 Å². The first-order valence-electron chi connectivity index (χ1n) is 8.94. The van der Waals surface area contributed by atoms with Gasteiger partial charge < -0.3 is 5.73 Å². The molecule has 0 radical (unpaired) electrons. The van der Waals surface area contributed by atoms with Crippen LogP contribution in [0.3, 0.4) is 0 Å². The molecule has 6 nitrogen and oxygen atoms in total. The van der Waals surface area contributed by atoms with Crippen LogP contribution in [-0.2, 0) is 9.59 Å². The zero-order valence-electron chi connectivity index (χ0n) is 16.1. The standard InChI is InChI=1S/C21H24N4O2/c1-12-6-5-7-14(8-12)18-15(11-22)20(23)25(24-13(2)26)16-9-21(3,4)10-17(27)19(16)18/h5-8,18H,9-10,23H2,1-4H3,(H,24,26). The van der Waals surface area contributed by atoms with Crippen molar-refractivity contribution in [1.29, 1.82) is 5.26 Å². The molecule has 0 saturated heterocycles. The SMILES string of the molecule is CC(=O)NN1C(N)=C(C#N)C(c2cccc(C)c2)C2=C1CC(C)(C)CC2=O. The Morgan fingerprint density at radius 3 is 2.67 bits per heavy atom. The molecule has 140 valence electrons. The lowest BCUT2D eigenvalue weighted by molar-refractivity contribution is -0.123. The highest BCUT2D eigenvalue weighted by Crippen LogP contribution is 2.48. The number of nitriles is 1. The van der Waals surface area contributed by atoms with Crippen molar-refractivity contribution in [1.82, 2.24) is 10.4 Å². The summed E-state index contributed by atoms with van der Waals surface area (Å²) in [5.74, 6) is -0.669. The van der Waals surface area contributed by atoms with Crippen molar-refractivity contribution in [2.45, 2.75) is 46.5 Å². The number of Topliss-reactive ketones (excluding diaryl/α,β-unsaturated/α-hetero) is 1. The molecule has 1 amide bonds. The topological polar surface area (TPSA) is 99.2 Å². The predicted octanol–water partition coefficient (Wildman–Crippen LogP) is 2.78. The van der Waals surface area contributed by atoms with Gasteiger partial charge in [0.2, 0.25) is 5.91 Å². The fourth-order valence-electron chi connectivity index (χ4n) is 3.98. The zero-order chi connectivity index (χ0) is 19.9. The van der Waals surface area contributed by atoms with Crippen LogP contribution >= 0.6 is 0 Å². The number of amides is 1. The summed E-state index contributed by atoms with van der Waals surface area (Å²) in [4.78, 5) is 24.9. The molecule has 6 heteroatoms. The van der Waals surface area contributed by atoms with Crippen LogP contribution in [0.1, 0.15) is 50.7 Å². The molecule has 1 atom stereocenters. The van der Waals surface area contributed by atoms with Gasteiger partial charge in [-0.1, -0.05) is 43.7 Å². The number of benzene rings is 1. The highest BCUT2D eigenvalue weighted by atomic mass is 16.2. The van der Waals surface area contributed by atoms with Gasteiger partial charge in [-0.15, -0.1) is 0 Å². The lowest BCUT2D eigenvalue weighted by Gasteiger charge is -2.43. The first-order valence-corrected chi connectivity index (χ1v) is 8.94. The second kappa shape index (κ2) is 6.58. The smallest absolute Gasteiger partial charge is 0.235 e. The summed E-state index contributed by atoms with van der Waals surface area (Å²) < 4.78 is 0. The fourth-order valence-corrected chi connectivity index (χ4v) is 3.98. The van der Waals surface area contributed by atoms with E-state index in [1.54, 1.807) is 0 Å². The van der Waals surface area contributed by atoms with Gasteiger partial charge in [0.15, 0.2) is 5.78 Å². The number of allylic oxidation sites excluding steroid dienone is 3. The third-order valence-corrected chi connectivity index (χ3v) is 5.03. The van der Waals surface area contributed by atoms with Gasteiger partial charge >= 0.3 is 0 Å². The number of rotatable bonds is 2. The van der Waals surface area contributed by atoms with Gasteiger partial charge in [-0.3, -0.25) is 15.0 Å². The maximum absolute atomic E-state index is 13.1. The lowest BCUT2D eigenvalue weighted by atomic mass is 9.69. The molecule has 0 spiro atoms. The van der Waals surface area contributed by atoms with E-state index in [0.29, 0.717) is 24.1 Å². The van der Waals surface area contributed by atoms with Crippen LogP contribution in [0.5, 0.6) is 0 Å². The van der Waals surface area contributed by atoms with E-state index in [-0.39, 0.29) is 28.5 Å². The van der Waals surface area contributed by atoms with Crippen LogP contribution in [0.25, 0.3) is 0 Å². The Morgan fingerprint density at radius 1 is 1.37 bits per heavy atom. The summed E-state index contributed by atoms with van der Waals surface area (Å²) in [6, 6.07) is 9.94. The third-order valence-electron chi connectivity index (χ3n) is 5.03. The second-order valence-corrected chi connectivity index (χ2v) is 8.06. The van der Waals surface area contributed by atoms with E-state index < -0.39 is 5.92 Å². The maximum Gasteiger partial charge on any atom is 0.235 e. The molecule has 1 heterocycles. The highest BCUT2D eigenvalue weighted by molar-refractivity contribution is 6.00. The minimum absolute atomic E-state index is 0.0108. The van der Waals surface area contributed by atoms with E-state index in [1.165, 1.54) is 11.9 Å². The van der Waals surface area contributed by atoms with Crippen LogP contribution < -0.4 is 11.2 Å². The average Bonchev–Trinajstić information content (AvgIpc) is 2.56. The molecule has 0 fully saturated rings. The molecule has 0 bridgehead atoms. The van der Waals surface area contributed by atoms with E-state index in [9.17, 15) is 14.9 Å². The Balaban J connectivity index is 2.27. The second-order valence-electron chi connectivity index (χ2n) is 8.06. The number of nitrogens with zero attached hydrogens (tertiary/aromatic N) is 2. The number of carbonyl (C=O) groups excluding carboxylic acids is 2. The summed E-state index contributed by atoms with van der Waals surface area (Å²) in [6.07, 6.45) is 0.969. The Labute approximate surface area is 159 Å². The molecule has 0 saturated carbocycles. The molecule has 27 heavy (non-hydrogen) atoms. The van der Waals surface area contributed by atoms with Gasteiger partial charge in [0.25, 0.3) is 0 Å². The monoisotopic (exact) mass is 364 g/mol. The number of carbonyl (C=O) groups is 2. The molecule has 0 aromatic heterocycles. The summed E-state index contributed by atoms with van der Waals surface area (Å²) in [5, 5.41) is 11.3. The number of hydrazine groups is 1. The van der Waals surface area contributed by atoms with Crippen LogP contribution in [0, 0.1) is 23.7 Å². The summed E-state index contributed by atoms with van der Waals surface area (Å²) in [5.41, 5.74) is 12.2. The largest absolute Gasteiger partial charge is 0.383 e. The molecule has 3 rings (SSSR count). The predicted molar refractivity (Wildman–Crippen MR) is 101 cm³/mol. The van der Waals surface area contributed by atoms with Crippen molar-refractivity contribution in [3.8, 4) is 6.07 Å². The number of hydrogen-bond acceptors (Lipinski definition) is 5. The van der Waals surface area contributed by atoms with Gasteiger partial charge in [-0.2, -0.15) is 5.26 Å². The lowest BCUT2D eigenvalue weighted by Crippen LogP contribution is -2.49. The van der Waals surface area contributed by atoms with Crippen LogP contribution in [0.4, 0.5) is 0 Å². The molecule has 1 aromatic carbocycles. The highest BCUT2D eigenvalue weighted by Gasteiger charge is 2.44. The number of aryl methyl sites for hydroxylation is 1. The number of nitrogens with one attached hydrogen (secondary N) is 1. The quantitative estimate of drug-likeness (QED) is 0.841. The Hall–Kier alpha value is -3.07. The zero-order valence-corrected chi connectivity index (χ0v) is 16.1. The molecule has 1 aliphatic carbocycles. The minimum Gasteiger partial charge on any atom is -0.383 e. The van der Waals surface area contributed by atoms with Crippen LogP contribution in [0.15, 0.2) is 46.9 Å². The van der Waals surface area contributed by atoms with Crippen molar-refractivity contribution in [3.05, 3.63) is 58.1 Å². The summed E-state index contributed by atoms with van der Waals surface area (Å²) >= 11 is 0. The van der Waals surface area contributed by atoms with Crippen molar-refractivity contribution in [3.63, 3.8) is 0 Å². The van der Waals surface area contributed by atoms with Crippen LogP contribution in [-0.4, -0.2) is 16.7 Å². The van der Waals surface area contributed by atoms with E-state index in [1.807, 2.05) is 45.0 Å². The molecule has 1 aliphatic heterocycles. The Kier molecular flexibility index (Phi) is 4.56. The number of hydrogen-bond donors (Lipinski definition) is 2. The Bertz CT molecular complexity index is 934. The number of ketones is 1. The normalized spacial score (nSPS) is 21.7. The first-order chi connectivity index (χ1) is 12.6. The molecule has 3 N–H and O–H groups in total. The third kappa shape index (κ3) is 3.33. The summed E-state index contributed by atoms with van der Waals surface area (Å²) in [7, 11) is 0. The minimum atomic E-state index is -0.515. The van der Waals surface area contributed by atoms with E-state index in [0.717, 1.165) is 11.1 Å². The maximum atomic E-state index is 13.1. The molecule has 1 aromatic rings. The van der Waals surface area contributed by atoms with Gasteiger partial charge in [-0.25, -0.2) is 5.01 Å². The van der Waals surface area contributed by atoms with Crippen molar-refractivity contribution < 1.29 is 9.59 Å². The molecular formula is C21H24N4O2. The van der Waals surface area contributed by atoms with Gasteiger partial charge in [-0.05, 0) is 24.3 Å². The van der Waals surface area contributed by atoms with E-state index >= 15 is 0 Å². The van der Waals surface area contributed by atoms with Crippen molar-refractivity contribution >= 4 is 11.7 Å². The van der Waals surface area contributed by atoms with E-state index in [4.69, 9.17) is 5.73 Å². The van der Waals surface area contributed by atoms with Gasteiger partial charge in [0.05, 0.1) is 23.3 Å². The van der Waals surface area contributed by atoms with Gasteiger partial charge in [0, 0.05) is 18.9 Å². The average molecular weight is 364 g/mol. The Morgan fingerprint density at radius 2 is 2.07 bits per heavy atom. The van der Waals surface area contributed by atoms with Gasteiger partial charge in [0.1, 0.15) is 5.82 Å². The van der Waals surface area contributed by atoms with E-state index in [2.05, 4.69) is 11.5 Å². The van der Waals surface area contributed by atoms with Crippen LogP contribution in [0.2, 0.25) is 0 Å². The first kappa shape index (κ1) is 18.7. The fraction of sp³-hybridized carbons (Fsp3) is 0.381. The molecule has 1 unspecified atom stereocenters. The molecular weight excluding hydrogens is 340 g/mol. The summed E-state index contributed by atoms with van der Waals surface area (Å²) in [6.45, 7) is 7.38. The van der Waals surface area contributed by atoms with Crippen molar-refractivity contribution in [2.24, 2.45) is 11.1 Å². The number of nitrogens with two attached hydrogens (primary N) is 1.